The Balaban J connectivity index is 2.79. The van der Waals surface area contributed by atoms with Gasteiger partial charge in [-0.05, 0) is 32.6 Å². The van der Waals surface area contributed by atoms with Crippen LogP contribution < -0.4 is 0 Å². The minimum absolute atomic E-state index is 0.0278. The van der Waals surface area contributed by atoms with Crippen molar-refractivity contribution in [3.63, 3.8) is 0 Å². The molecule has 1 saturated carbocycles. The lowest BCUT2D eigenvalue weighted by Crippen LogP contribution is -2.48. The Morgan fingerprint density at radius 2 is 1.85 bits per heavy atom. The zero-order valence-electron chi connectivity index (χ0n) is 8.84. The molecule has 0 heterocycles. The van der Waals surface area contributed by atoms with Crippen molar-refractivity contribution < 1.29 is 10.2 Å². The molecule has 1 aliphatic rings. The van der Waals surface area contributed by atoms with Gasteiger partial charge in [0.1, 0.15) is 0 Å². The maximum absolute atomic E-state index is 10.3. The first-order valence-electron chi connectivity index (χ1n) is 5.41. The predicted octanol–water partition coefficient (Wildman–Crippen LogP) is 2.09. The van der Waals surface area contributed by atoms with Gasteiger partial charge in [-0.2, -0.15) is 0 Å². The van der Waals surface area contributed by atoms with Crippen LogP contribution in [-0.4, -0.2) is 22.4 Å². The maximum Gasteiger partial charge on any atom is 0.0676 e. The van der Waals surface area contributed by atoms with Crippen LogP contribution in [0.1, 0.15) is 52.4 Å². The van der Waals surface area contributed by atoms with Crippen molar-refractivity contribution in [1.29, 1.82) is 0 Å². The fraction of sp³-hybridized carbons (Fsp3) is 1.00. The standard InChI is InChI=1S/C11H22O2/c1-3-11(8-9-12)7-5-4-6-10(11,2)13/h12-13H,3-9H2,1-2H3. The van der Waals surface area contributed by atoms with E-state index in [2.05, 4.69) is 6.92 Å². The molecular formula is C11H22O2. The first-order valence-corrected chi connectivity index (χ1v) is 5.41. The van der Waals surface area contributed by atoms with E-state index in [-0.39, 0.29) is 12.0 Å². The van der Waals surface area contributed by atoms with Gasteiger partial charge in [0.15, 0.2) is 0 Å². The molecule has 2 heteroatoms. The molecule has 1 rings (SSSR count). The van der Waals surface area contributed by atoms with Crippen LogP contribution in [-0.2, 0) is 0 Å². The van der Waals surface area contributed by atoms with Gasteiger partial charge >= 0.3 is 0 Å². The summed E-state index contributed by atoms with van der Waals surface area (Å²) < 4.78 is 0. The van der Waals surface area contributed by atoms with E-state index in [4.69, 9.17) is 5.11 Å². The van der Waals surface area contributed by atoms with Crippen molar-refractivity contribution in [2.75, 3.05) is 6.61 Å². The fourth-order valence-electron chi connectivity index (χ4n) is 2.81. The van der Waals surface area contributed by atoms with Gasteiger partial charge in [0.05, 0.1) is 5.60 Å². The van der Waals surface area contributed by atoms with Crippen LogP contribution in [0.3, 0.4) is 0 Å². The summed E-state index contributed by atoms with van der Waals surface area (Å²) in [4.78, 5) is 0. The molecule has 0 aromatic rings. The van der Waals surface area contributed by atoms with Crippen LogP contribution in [0.25, 0.3) is 0 Å². The Morgan fingerprint density at radius 3 is 2.31 bits per heavy atom. The van der Waals surface area contributed by atoms with E-state index in [1.807, 2.05) is 6.92 Å². The lowest BCUT2D eigenvalue weighted by Gasteiger charge is -2.48. The molecule has 0 saturated heterocycles. The molecule has 78 valence electrons. The smallest absolute Gasteiger partial charge is 0.0676 e. The molecule has 2 unspecified atom stereocenters. The van der Waals surface area contributed by atoms with Gasteiger partial charge in [-0.3, -0.25) is 0 Å². The molecular weight excluding hydrogens is 164 g/mol. The fourth-order valence-corrected chi connectivity index (χ4v) is 2.81. The minimum Gasteiger partial charge on any atom is -0.396 e. The third-order valence-electron chi connectivity index (χ3n) is 3.98. The van der Waals surface area contributed by atoms with Crippen LogP contribution in [0.15, 0.2) is 0 Å². The first-order chi connectivity index (χ1) is 6.08. The molecule has 2 N–H and O–H groups in total. The van der Waals surface area contributed by atoms with Crippen molar-refractivity contribution in [3.8, 4) is 0 Å². The molecule has 0 amide bonds. The molecule has 1 fully saturated rings. The summed E-state index contributed by atoms with van der Waals surface area (Å²) in [7, 11) is 0. The molecule has 0 aromatic carbocycles. The zero-order chi connectivity index (χ0) is 9.95. The SMILES string of the molecule is CCC1(CCO)CCCCC1(C)O. The van der Waals surface area contributed by atoms with Crippen LogP contribution in [0, 0.1) is 5.41 Å². The second kappa shape index (κ2) is 3.97. The molecule has 0 spiro atoms. The predicted molar refractivity (Wildman–Crippen MR) is 53.5 cm³/mol. The second-order valence-corrected chi connectivity index (χ2v) is 4.59. The summed E-state index contributed by atoms with van der Waals surface area (Å²) >= 11 is 0. The van der Waals surface area contributed by atoms with E-state index in [9.17, 15) is 5.11 Å². The second-order valence-electron chi connectivity index (χ2n) is 4.59. The van der Waals surface area contributed by atoms with Crippen LogP contribution in [0.4, 0.5) is 0 Å². The minimum atomic E-state index is -0.567. The van der Waals surface area contributed by atoms with Gasteiger partial charge in [0.25, 0.3) is 0 Å². The lowest BCUT2D eigenvalue weighted by atomic mass is 9.61. The van der Waals surface area contributed by atoms with Gasteiger partial charge in [0.2, 0.25) is 0 Å². The average molecular weight is 186 g/mol. The Hall–Kier alpha value is -0.0800. The Morgan fingerprint density at radius 1 is 1.23 bits per heavy atom. The first kappa shape index (κ1) is 11.0. The number of aliphatic hydroxyl groups excluding tert-OH is 1. The van der Waals surface area contributed by atoms with Crippen molar-refractivity contribution in [1.82, 2.24) is 0 Å². The van der Waals surface area contributed by atoms with Crippen LogP contribution in [0.5, 0.6) is 0 Å². The Kier molecular flexibility index (Phi) is 3.36. The van der Waals surface area contributed by atoms with E-state index in [0.717, 1.165) is 32.1 Å². The molecule has 0 radical (unpaired) electrons. The van der Waals surface area contributed by atoms with Gasteiger partial charge < -0.3 is 10.2 Å². The molecule has 13 heavy (non-hydrogen) atoms. The molecule has 2 atom stereocenters. The van der Waals surface area contributed by atoms with Crippen LogP contribution >= 0.6 is 0 Å². The molecule has 0 bridgehead atoms. The highest BCUT2D eigenvalue weighted by Gasteiger charge is 2.46. The third kappa shape index (κ3) is 1.89. The van der Waals surface area contributed by atoms with E-state index < -0.39 is 5.60 Å². The summed E-state index contributed by atoms with van der Waals surface area (Å²) in [6.45, 7) is 4.25. The lowest BCUT2D eigenvalue weighted by molar-refractivity contribution is -0.113. The summed E-state index contributed by atoms with van der Waals surface area (Å²) in [5.74, 6) is 0. The van der Waals surface area contributed by atoms with Crippen molar-refractivity contribution in [2.45, 2.75) is 58.0 Å². The number of hydrogen-bond acceptors (Lipinski definition) is 2. The maximum atomic E-state index is 10.3. The van der Waals surface area contributed by atoms with E-state index in [0.29, 0.717) is 0 Å². The molecule has 0 aromatic heterocycles. The number of hydrogen-bond donors (Lipinski definition) is 2. The van der Waals surface area contributed by atoms with E-state index in [1.54, 1.807) is 0 Å². The third-order valence-corrected chi connectivity index (χ3v) is 3.98. The molecule has 0 aliphatic heterocycles. The monoisotopic (exact) mass is 186 g/mol. The van der Waals surface area contributed by atoms with Gasteiger partial charge in [-0.15, -0.1) is 0 Å². The highest BCUT2D eigenvalue weighted by molar-refractivity contribution is 4.97. The average Bonchev–Trinajstić information content (AvgIpc) is 2.09. The topological polar surface area (TPSA) is 40.5 Å². The highest BCUT2D eigenvalue weighted by Crippen LogP contribution is 2.48. The number of aliphatic hydroxyl groups is 2. The summed E-state index contributed by atoms with van der Waals surface area (Å²) in [5, 5.41) is 19.3. The highest BCUT2D eigenvalue weighted by atomic mass is 16.3. The largest absolute Gasteiger partial charge is 0.396 e. The van der Waals surface area contributed by atoms with E-state index >= 15 is 0 Å². The molecule has 2 nitrogen and oxygen atoms in total. The van der Waals surface area contributed by atoms with Crippen LogP contribution in [0.2, 0.25) is 0 Å². The zero-order valence-corrected chi connectivity index (χ0v) is 8.84. The van der Waals surface area contributed by atoms with Gasteiger partial charge in [0, 0.05) is 12.0 Å². The van der Waals surface area contributed by atoms with Gasteiger partial charge in [-0.1, -0.05) is 19.8 Å². The normalized spacial score (nSPS) is 40.6. The molecule has 1 aliphatic carbocycles. The van der Waals surface area contributed by atoms with Gasteiger partial charge in [-0.25, -0.2) is 0 Å². The summed E-state index contributed by atoms with van der Waals surface area (Å²) in [5.41, 5.74) is -0.595. The van der Waals surface area contributed by atoms with E-state index in [1.165, 1.54) is 6.42 Å². The number of rotatable bonds is 3. The van der Waals surface area contributed by atoms with Crippen molar-refractivity contribution >= 4 is 0 Å². The quantitative estimate of drug-likeness (QED) is 0.708. The Labute approximate surface area is 81.0 Å². The van der Waals surface area contributed by atoms with Crippen molar-refractivity contribution in [2.24, 2.45) is 5.41 Å². The summed E-state index contributed by atoms with van der Waals surface area (Å²) in [6.07, 6.45) is 6.00. The Bertz CT molecular complexity index is 161. The van der Waals surface area contributed by atoms with Crippen molar-refractivity contribution in [3.05, 3.63) is 0 Å². The summed E-state index contributed by atoms with van der Waals surface area (Å²) in [6, 6.07) is 0.